The van der Waals surface area contributed by atoms with Gasteiger partial charge >= 0.3 is 0 Å². The van der Waals surface area contributed by atoms with E-state index in [9.17, 15) is 4.79 Å². The zero-order chi connectivity index (χ0) is 18.5. The van der Waals surface area contributed by atoms with Crippen molar-refractivity contribution in [1.82, 2.24) is 0 Å². The molecule has 0 saturated heterocycles. The molecule has 0 heterocycles. The Kier molecular flexibility index (Phi) is 5.96. The lowest BCUT2D eigenvalue weighted by Crippen LogP contribution is -2.00. The maximum atomic E-state index is 11.1. The van der Waals surface area contributed by atoms with Crippen LogP contribution in [0.15, 0.2) is 65.1 Å². The van der Waals surface area contributed by atoms with Crippen LogP contribution in [0.4, 0.5) is 0 Å². The molecular weight excluding hydrogens is 416 g/mol. The summed E-state index contributed by atoms with van der Waals surface area (Å²) in [7, 11) is 1.50. The molecule has 132 valence electrons. The second-order valence-corrected chi connectivity index (χ2v) is 6.78. The summed E-state index contributed by atoms with van der Waals surface area (Å²) in [4.78, 5) is 11.1. The summed E-state index contributed by atoms with van der Waals surface area (Å²) in [6.07, 6.45) is 0.703. The number of halogens is 2. The highest BCUT2D eigenvalue weighted by Crippen LogP contribution is 2.35. The Morgan fingerprint density at radius 1 is 1.04 bits per heavy atom. The van der Waals surface area contributed by atoms with Gasteiger partial charge in [-0.1, -0.05) is 60.1 Å². The Balaban J connectivity index is 1.86. The molecule has 0 aliphatic carbocycles. The third-order valence-electron chi connectivity index (χ3n) is 3.96. The Hall–Kier alpha value is -2.30. The summed E-state index contributed by atoms with van der Waals surface area (Å²) in [5.74, 6) is 0.891. The molecule has 0 aliphatic rings. The summed E-state index contributed by atoms with van der Waals surface area (Å²) in [6.45, 7) is 0.324. The molecular formula is C21H16BrClO3. The van der Waals surface area contributed by atoms with Crippen molar-refractivity contribution in [1.29, 1.82) is 0 Å². The molecule has 0 unspecified atom stereocenters. The van der Waals surface area contributed by atoms with Crippen molar-refractivity contribution in [2.75, 3.05) is 7.11 Å². The fourth-order valence-electron chi connectivity index (χ4n) is 2.62. The highest BCUT2D eigenvalue weighted by molar-refractivity contribution is 9.10. The van der Waals surface area contributed by atoms with Crippen LogP contribution in [0.5, 0.6) is 11.5 Å². The van der Waals surface area contributed by atoms with Crippen molar-refractivity contribution >= 4 is 33.8 Å². The first-order valence-electron chi connectivity index (χ1n) is 7.92. The molecule has 26 heavy (non-hydrogen) atoms. The molecule has 0 aromatic heterocycles. The highest BCUT2D eigenvalue weighted by atomic mass is 79.9. The average Bonchev–Trinajstić information content (AvgIpc) is 2.68. The molecule has 3 aromatic rings. The van der Waals surface area contributed by atoms with Gasteiger partial charge in [0.25, 0.3) is 0 Å². The smallest absolute Gasteiger partial charge is 0.153 e. The number of hydrogen-bond donors (Lipinski definition) is 0. The molecule has 5 heteroatoms. The topological polar surface area (TPSA) is 35.5 Å². The minimum atomic E-state index is 0.324. The average molecular weight is 432 g/mol. The van der Waals surface area contributed by atoms with Gasteiger partial charge in [0.1, 0.15) is 18.1 Å². The van der Waals surface area contributed by atoms with Gasteiger partial charge in [0, 0.05) is 16.1 Å². The van der Waals surface area contributed by atoms with Crippen LogP contribution < -0.4 is 9.47 Å². The predicted octanol–water partition coefficient (Wildman–Crippen LogP) is 6.17. The second-order valence-electron chi connectivity index (χ2n) is 5.58. The fraction of sp³-hybridized carbons (Fsp3) is 0.0952. The van der Waals surface area contributed by atoms with Gasteiger partial charge in [-0.05, 0) is 33.1 Å². The molecule has 0 fully saturated rings. The normalized spacial score (nSPS) is 10.4. The maximum absolute atomic E-state index is 11.1. The van der Waals surface area contributed by atoms with E-state index in [4.69, 9.17) is 21.1 Å². The molecule has 3 aromatic carbocycles. The lowest BCUT2D eigenvalue weighted by molar-refractivity contribution is 0.112. The molecule has 3 rings (SSSR count). The van der Waals surface area contributed by atoms with Crippen LogP contribution in [0.1, 0.15) is 15.9 Å². The maximum Gasteiger partial charge on any atom is 0.153 e. The first kappa shape index (κ1) is 18.5. The van der Waals surface area contributed by atoms with Gasteiger partial charge in [-0.25, -0.2) is 0 Å². The van der Waals surface area contributed by atoms with Crippen LogP contribution in [0.3, 0.4) is 0 Å². The number of rotatable bonds is 6. The fourth-order valence-corrected chi connectivity index (χ4v) is 3.45. The first-order chi connectivity index (χ1) is 12.6. The molecule has 0 atom stereocenters. The van der Waals surface area contributed by atoms with E-state index in [1.54, 1.807) is 6.07 Å². The summed E-state index contributed by atoms with van der Waals surface area (Å²) in [5.41, 5.74) is 3.58. The van der Waals surface area contributed by atoms with Crippen LogP contribution in [0.25, 0.3) is 11.1 Å². The van der Waals surface area contributed by atoms with E-state index in [-0.39, 0.29) is 0 Å². The van der Waals surface area contributed by atoms with E-state index < -0.39 is 0 Å². The SMILES string of the molecule is COc1cc(OCc2cccc(-c3ccccc3)c2Br)c(Cl)cc1C=O. The number of hydrogen-bond acceptors (Lipinski definition) is 3. The van der Waals surface area contributed by atoms with Crippen LogP contribution in [-0.4, -0.2) is 13.4 Å². The number of methoxy groups -OCH3 is 1. The molecule has 0 bridgehead atoms. The standard InChI is InChI=1S/C21H16BrClO3/c1-25-19-11-20(18(23)10-16(19)12-24)26-13-15-8-5-9-17(21(15)22)14-6-3-2-4-7-14/h2-12H,13H2,1H3. The lowest BCUT2D eigenvalue weighted by Gasteiger charge is -2.14. The van der Waals surface area contributed by atoms with Crippen LogP contribution in [0, 0.1) is 0 Å². The highest BCUT2D eigenvalue weighted by Gasteiger charge is 2.12. The quantitative estimate of drug-likeness (QED) is 0.438. The zero-order valence-electron chi connectivity index (χ0n) is 14.0. The molecule has 3 nitrogen and oxygen atoms in total. The Bertz CT molecular complexity index is 926. The summed E-state index contributed by atoms with van der Waals surface area (Å²) in [6, 6.07) is 19.3. The van der Waals surface area contributed by atoms with Crippen molar-refractivity contribution in [2.24, 2.45) is 0 Å². The number of ether oxygens (including phenoxy) is 2. The van der Waals surface area contributed by atoms with E-state index in [0.29, 0.717) is 35.0 Å². The van der Waals surface area contributed by atoms with Crippen molar-refractivity contribution in [3.63, 3.8) is 0 Å². The number of benzene rings is 3. The molecule has 0 aliphatic heterocycles. The van der Waals surface area contributed by atoms with Gasteiger partial charge in [0.05, 0.1) is 17.7 Å². The zero-order valence-corrected chi connectivity index (χ0v) is 16.4. The molecule has 0 spiro atoms. The molecule has 0 amide bonds. The van der Waals surface area contributed by atoms with Gasteiger partial charge in [-0.15, -0.1) is 0 Å². The number of carbonyl (C=O) groups is 1. The van der Waals surface area contributed by atoms with E-state index in [0.717, 1.165) is 21.2 Å². The molecule has 0 saturated carbocycles. The van der Waals surface area contributed by atoms with Gasteiger partial charge in [-0.2, -0.15) is 0 Å². The summed E-state index contributed by atoms with van der Waals surface area (Å²) >= 11 is 9.90. The van der Waals surface area contributed by atoms with E-state index in [2.05, 4.69) is 34.1 Å². The number of aldehydes is 1. The van der Waals surface area contributed by atoms with Crippen molar-refractivity contribution in [3.05, 3.63) is 81.3 Å². The van der Waals surface area contributed by atoms with Crippen LogP contribution >= 0.6 is 27.5 Å². The van der Waals surface area contributed by atoms with Crippen molar-refractivity contribution in [3.8, 4) is 22.6 Å². The second kappa shape index (κ2) is 8.39. The largest absolute Gasteiger partial charge is 0.496 e. The Morgan fingerprint density at radius 2 is 1.81 bits per heavy atom. The van der Waals surface area contributed by atoms with E-state index in [1.807, 2.05) is 30.3 Å². The van der Waals surface area contributed by atoms with E-state index in [1.165, 1.54) is 13.2 Å². The third kappa shape index (κ3) is 3.92. The third-order valence-corrected chi connectivity index (χ3v) is 5.19. The number of carbonyl (C=O) groups excluding carboxylic acids is 1. The first-order valence-corrected chi connectivity index (χ1v) is 9.09. The van der Waals surface area contributed by atoms with E-state index >= 15 is 0 Å². The van der Waals surface area contributed by atoms with Gasteiger partial charge < -0.3 is 9.47 Å². The Morgan fingerprint density at radius 3 is 2.50 bits per heavy atom. The molecule has 0 N–H and O–H groups in total. The van der Waals surface area contributed by atoms with Crippen LogP contribution in [0.2, 0.25) is 5.02 Å². The minimum absolute atomic E-state index is 0.324. The Labute approximate surface area is 165 Å². The van der Waals surface area contributed by atoms with Crippen molar-refractivity contribution < 1.29 is 14.3 Å². The van der Waals surface area contributed by atoms with Gasteiger partial charge in [-0.3, -0.25) is 4.79 Å². The van der Waals surface area contributed by atoms with Crippen LogP contribution in [-0.2, 0) is 6.61 Å². The molecule has 0 radical (unpaired) electrons. The van der Waals surface area contributed by atoms with Gasteiger partial charge in [0.15, 0.2) is 6.29 Å². The predicted molar refractivity (Wildman–Crippen MR) is 107 cm³/mol. The van der Waals surface area contributed by atoms with Gasteiger partial charge in [0.2, 0.25) is 0 Å². The minimum Gasteiger partial charge on any atom is -0.496 e. The monoisotopic (exact) mass is 430 g/mol. The summed E-state index contributed by atoms with van der Waals surface area (Å²) in [5, 5.41) is 0.364. The summed E-state index contributed by atoms with van der Waals surface area (Å²) < 4.78 is 12.1. The van der Waals surface area contributed by atoms with Crippen molar-refractivity contribution in [2.45, 2.75) is 6.61 Å². The lowest BCUT2D eigenvalue weighted by atomic mass is 10.0.